The van der Waals surface area contributed by atoms with Gasteiger partial charge < -0.3 is 10.2 Å². The average Bonchev–Trinajstić information content (AvgIpc) is 0.707. The molecule has 752 valence electrons. The summed E-state index contributed by atoms with van der Waals surface area (Å²) in [4.78, 5) is 25.3. The molecule has 0 aliphatic heterocycles. The maximum Gasteiger partial charge on any atom is 0.460 e. The van der Waals surface area contributed by atoms with Crippen LogP contribution in [-0.2, 0) is 9.59 Å². The maximum absolute atomic E-state index is 15.1. The summed E-state index contributed by atoms with van der Waals surface area (Å²) in [5, 5.41) is 13.0. The third-order valence-electron chi connectivity index (χ3n) is 16.2. The minimum Gasteiger partial charge on any atom is -0.478 e. The predicted octanol–water partition coefficient (Wildman–Crippen LogP) is 26.5. The van der Waals surface area contributed by atoms with Crippen LogP contribution in [0.15, 0.2) is 11.1 Å². The summed E-state index contributed by atoms with van der Waals surface area (Å²) in [5.41, 5.74) is -5.55. The second-order valence-electron chi connectivity index (χ2n) is 24.7. The van der Waals surface area contributed by atoms with Crippen molar-refractivity contribution in [2.45, 2.75) is 240 Å². The lowest BCUT2D eigenvalue weighted by Crippen LogP contribution is -2.74. The molecule has 126 heavy (non-hydrogen) atoms. The lowest BCUT2D eigenvalue weighted by molar-refractivity contribution is -0.461. The second-order valence-corrected chi connectivity index (χ2v) is 29.8. The zero-order chi connectivity index (χ0) is 103. The SMILES string of the molecule is O=C(O)/C(CC(CSCCC(F)(F)C(F)(F)C(F)(F)C(F)(F)C(F)(F)C(F)(F)C(F)(F)C(F)(F)F)SCCC(F)(F)C(F)(F)C(F)(F)C(F)(F)C(F)(F)C(F)(F)C(F)(F)C(F)(F)F)=C(\CC(CSCCC(F)(F)C(F)(F)C(F)(F)C(F)(F)C(F)(F)C(F)(F)C(F)(F)C(F)(F)F)SCCC(F)(F)C(F)(F)C(F)(F)C(F)(F)C(F)(F)C(F)(F)C(F)(F)C(F)(F)F)C(=O)O. The van der Waals surface area contributed by atoms with Gasteiger partial charge in [0.05, 0.1) is 0 Å². The van der Waals surface area contributed by atoms with Gasteiger partial charge in [0.2, 0.25) is 0 Å². The molecule has 76 heteroatoms. The Bertz CT molecular complexity index is 3500. The Morgan fingerprint density at radius 1 is 0.183 bits per heavy atom. The molecule has 0 fully saturated rings. The molecule has 2 unspecified atom stereocenters. The molecule has 0 bridgehead atoms. The van der Waals surface area contributed by atoms with Gasteiger partial charge in [0.1, 0.15) is 0 Å². The number of hydrogen-bond acceptors (Lipinski definition) is 6. The fraction of sp³-hybridized carbons (Fsp3) is 0.920. The standard InChI is InChI=1S/C50H28F68O4S4/c51-19(52,23(59,60)27(67,68)31(75,76)35(83,84)39(91,92)43(99,100)47(107,108)109)1-5-123-11-13(125-7-3-21(55,56)25(63,64)29(71,72)33(79,80)37(87,88)41(95,96)45(103,104)49(113,114)115)9-15(17(119)120)16(18(121)122)10-14(126-8-4-22(57,58)26(65,66)30(73,74)34(81,82)38(89,90)42(97,98)46(105,106)50(116,117)118)12-124-6-2-20(53,54)24(61,62)28(69,70)32(77,78)36(85,86)40(93,94)44(101,102)48(110,111)112/h13-14H,1-12H2,(H,119,120)(H,121,122)/b16-15+. The van der Waals surface area contributed by atoms with Gasteiger partial charge >= 0.3 is 202 Å². The minimum absolute atomic E-state index is 1.36. The van der Waals surface area contributed by atoms with Crippen LogP contribution in [0.25, 0.3) is 0 Å². The van der Waals surface area contributed by atoms with Crippen molar-refractivity contribution in [2.24, 2.45) is 0 Å². The van der Waals surface area contributed by atoms with E-state index in [9.17, 15) is 301 Å². The van der Waals surface area contributed by atoms with E-state index in [2.05, 4.69) is 0 Å². The molecular weight excluding hydrogens is 2080 g/mol. The smallest absolute Gasteiger partial charge is 0.460 e. The summed E-state index contributed by atoms with van der Waals surface area (Å²) in [7, 11) is 0. The first-order chi connectivity index (χ1) is 54.0. The fourth-order valence-corrected chi connectivity index (χ4v) is 13.6. The van der Waals surface area contributed by atoms with Gasteiger partial charge in [-0.1, -0.05) is 0 Å². The van der Waals surface area contributed by atoms with Crippen LogP contribution in [0.2, 0.25) is 0 Å². The van der Waals surface area contributed by atoms with E-state index in [1.165, 1.54) is 0 Å². The van der Waals surface area contributed by atoms with Crippen molar-refractivity contribution in [3.8, 4) is 0 Å². The highest BCUT2D eigenvalue weighted by Gasteiger charge is 3.00. The van der Waals surface area contributed by atoms with Crippen LogP contribution in [-0.4, -0.2) is 258 Å². The molecule has 0 aromatic carbocycles. The number of alkyl halides is 68. The van der Waals surface area contributed by atoms with Gasteiger partial charge in [0.25, 0.3) is 0 Å². The Balaban J connectivity index is 9.09. The van der Waals surface area contributed by atoms with E-state index < -0.39 is 344 Å². The molecule has 4 nitrogen and oxygen atoms in total. The number of carbonyl (C=O) groups is 2. The van der Waals surface area contributed by atoms with Crippen LogP contribution >= 0.6 is 47.0 Å². The molecule has 0 aromatic heterocycles. The zero-order valence-electron chi connectivity index (χ0n) is 56.7. The molecule has 0 heterocycles. The molecular formula is C50H28F68O4S4. The van der Waals surface area contributed by atoms with Gasteiger partial charge in [-0.05, 0) is 35.9 Å². The van der Waals surface area contributed by atoms with Crippen molar-refractivity contribution in [3.05, 3.63) is 11.1 Å². The van der Waals surface area contributed by atoms with Gasteiger partial charge in [0, 0.05) is 58.8 Å². The van der Waals surface area contributed by atoms with Crippen LogP contribution in [0.5, 0.6) is 0 Å². The second kappa shape index (κ2) is 35.0. The Labute approximate surface area is 662 Å². The Morgan fingerprint density at radius 3 is 0.429 bits per heavy atom. The molecule has 0 radical (unpaired) electrons. The molecule has 0 saturated carbocycles. The van der Waals surface area contributed by atoms with Gasteiger partial charge in [-0.2, -0.15) is 346 Å². The summed E-state index contributed by atoms with van der Waals surface area (Å²) in [6.07, 6.45) is -55.0. The average molecular weight is 2110 g/mol. The fourth-order valence-electron chi connectivity index (χ4n) is 8.42. The Kier molecular flexibility index (Phi) is 33.7. The van der Waals surface area contributed by atoms with Gasteiger partial charge in [-0.25, -0.2) is 9.59 Å². The number of carboxylic acid groups (broad SMARTS) is 2. The van der Waals surface area contributed by atoms with Crippen LogP contribution in [0.3, 0.4) is 0 Å². The van der Waals surface area contributed by atoms with Crippen LogP contribution < -0.4 is 0 Å². The third kappa shape index (κ3) is 18.9. The molecule has 0 rings (SSSR count). The summed E-state index contributed by atoms with van der Waals surface area (Å²) in [6, 6.07) is 0. The number of thioether (sulfide) groups is 4. The normalized spacial score (nSPS) is 17.1. The van der Waals surface area contributed by atoms with E-state index >= 15 is 17.6 Å². The maximum atomic E-state index is 15.1. The molecule has 0 saturated heterocycles. The number of rotatable bonds is 48. The highest BCUT2D eigenvalue weighted by molar-refractivity contribution is 8.03. The summed E-state index contributed by atoms with van der Waals surface area (Å²) < 4.78 is 948. The van der Waals surface area contributed by atoms with Crippen LogP contribution in [0.1, 0.15) is 38.5 Å². The number of carboxylic acids is 2. The van der Waals surface area contributed by atoms with Gasteiger partial charge in [-0.3, -0.25) is 0 Å². The lowest BCUT2D eigenvalue weighted by atomic mass is 9.88. The Morgan fingerprint density at radius 2 is 0.302 bits per heavy atom. The summed E-state index contributed by atoms with van der Waals surface area (Å²) in [5.74, 6) is -276. The lowest BCUT2D eigenvalue weighted by Gasteiger charge is -2.42. The Hall–Kier alpha value is -4.68. The zero-order valence-corrected chi connectivity index (χ0v) is 60.0. The van der Waals surface area contributed by atoms with Crippen molar-refractivity contribution >= 4 is 59.0 Å². The molecule has 0 amide bonds. The van der Waals surface area contributed by atoms with E-state index in [1.54, 1.807) is 0 Å². The van der Waals surface area contributed by atoms with E-state index in [0.717, 1.165) is 0 Å². The number of hydrogen-bond donors (Lipinski definition) is 2. The highest BCUT2D eigenvalue weighted by atomic mass is 32.2. The quantitative estimate of drug-likeness (QED) is 0.0355. The van der Waals surface area contributed by atoms with E-state index in [0.29, 0.717) is 0 Å². The van der Waals surface area contributed by atoms with E-state index in [-0.39, 0.29) is 0 Å². The van der Waals surface area contributed by atoms with Crippen molar-refractivity contribution in [1.82, 2.24) is 0 Å². The topological polar surface area (TPSA) is 74.6 Å². The predicted molar refractivity (Wildman–Crippen MR) is 280 cm³/mol. The number of aliphatic carboxylic acids is 2. The molecule has 0 aliphatic rings. The van der Waals surface area contributed by atoms with Crippen molar-refractivity contribution in [3.63, 3.8) is 0 Å². The monoisotopic (exact) mass is 2110 g/mol. The molecule has 0 aromatic rings. The molecule has 2 N–H and O–H groups in total. The molecule has 0 spiro atoms. The van der Waals surface area contributed by atoms with Crippen LogP contribution in [0.4, 0.5) is 299 Å². The first-order valence-electron chi connectivity index (χ1n) is 29.4. The minimum atomic E-state index is -9.53. The van der Waals surface area contributed by atoms with E-state index in [1.807, 2.05) is 0 Å². The first kappa shape index (κ1) is 121. The first-order valence-corrected chi connectivity index (χ1v) is 33.8. The van der Waals surface area contributed by atoms with Gasteiger partial charge in [-0.15, -0.1) is 0 Å². The highest BCUT2D eigenvalue weighted by Crippen LogP contribution is 2.71. The van der Waals surface area contributed by atoms with Gasteiger partial charge in [0.15, 0.2) is 0 Å². The molecule has 2 atom stereocenters. The van der Waals surface area contributed by atoms with Crippen molar-refractivity contribution in [2.75, 3.05) is 34.5 Å². The molecule has 0 aliphatic carbocycles. The summed E-state index contributed by atoms with van der Waals surface area (Å²) >= 11 is -5.76. The largest absolute Gasteiger partial charge is 0.478 e. The van der Waals surface area contributed by atoms with Crippen molar-refractivity contribution in [1.29, 1.82) is 0 Å². The summed E-state index contributed by atoms with van der Waals surface area (Å²) in [6.45, 7) is 0. The van der Waals surface area contributed by atoms with E-state index in [4.69, 9.17) is 0 Å². The van der Waals surface area contributed by atoms with Crippen molar-refractivity contribution < 1.29 is 318 Å². The third-order valence-corrected chi connectivity index (χ3v) is 21.3. The number of halogens is 68. The van der Waals surface area contributed by atoms with Crippen LogP contribution in [0, 0.1) is 0 Å².